The molecule has 2 aromatic rings. The molecule has 1 aliphatic rings. The van der Waals surface area contributed by atoms with Crippen LogP contribution in [0.3, 0.4) is 0 Å². The summed E-state index contributed by atoms with van der Waals surface area (Å²) in [6.07, 6.45) is 1.37. The van der Waals surface area contributed by atoms with Crippen LogP contribution in [0.25, 0.3) is 0 Å². The Morgan fingerprint density at radius 2 is 2.11 bits per heavy atom. The number of non-ortho nitro benzene ring substituents is 1. The van der Waals surface area contributed by atoms with E-state index in [0.29, 0.717) is 30.0 Å². The van der Waals surface area contributed by atoms with Gasteiger partial charge in [0, 0.05) is 36.9 Å². The van der Waals surface area contributed by atoms with Crippen molar-refractivity contribution in [3.63, 3.8) is 0 Å². The summed E-state index contributed by atoms with van der Waals surface area (Å²) in [7, 11) is 0. The van der Waals surface area contributed by atoms with Crippen LogP contribution in [0.1, 0.15) is 18.4 Å². The van der Waals surface area contributed by atoms with Crippen LogP contribution >= 0.6 is 0 Å². The van der Waals surface area contributed by atoms with Gasteiger partial charge in [-0.1, -0.05) is 12.1 Å². The summed E-state index contributed by atoms with van der Waals surface area (Å²) < 4.78 is 5.51. The first-order chi connectivity index (χ1) is 12.9. The summed E-state index contributed by atoms with van der Waals surface area (Å²) in [6, 6.07) is 11.3. The van der Waals surface area contributed by atoms with Gasteiger partial charge >= 0.3 is 0 Å². The number of hydrogen-bond donors (Lipinski definition) is 1. The minimum Gasteiger partial charge on any atom is -0.484 e. The van der Waals surface area contributed by atoms with Crippen molar-refractivity contribution in [2.75, 3.05) is 23.4 Å². The van der Waals surface area contributed by atoms with Crippen LogP contribution in [0.5, 0.6) is 5.75 Å². The van der Waals surface area contributed by atoms with Gasteiger partial charge in [0.25, 0.3) is 11.6 Å². The van der Waals surface area contributed by atoms with Crippen LogP contribution in [0, 0.1) is 17.0 Å². The highest BCUT2D eigenvalue weighted by Gasteiger charge is 2.22. The summed E-state index contributed by atoms with van der Waals surface area (Å²) in [5.41, 5.74) is 1.72. The van der Waals surface area contributed by atoms with Gasteiger partial charge in [-0.3, -0.25) is 19.7 Å². The van der Waals surface area contributed by atoms with Crippen molar-refractivity contribution in [3.05, 3.63) is 58.1 Å². The van der Waals surface area contributed by atoms with Gasteiger partial charge in [0.15, 0.2) is 6.61 Å². The van der Waals surface area contributed by atoms with E-state index in [1.54, 1.807) is 36.1 Å². The highest BCUT2D eigenvalue weighted by atomic mass is 16.6. The minimum atomic E-state index is -0.517. The number of carbonyl (C=O) groups excluding carboxylic acids is 2. The number of benzene rings is 2. The molecule has 2 aromatic carbocycles. The fraction of sp³-hybridized carbons (Fsp3) is 0.263. The first-order valence-electron chi connectivity index (χ1n) is 8.52. The van der Waals surface area contributed by atoms with Crippen molar-refractivity contribution >= 4 is 28.9 Å². The Hall–Kier alpha value is -3.42. The molecule has 0 saturated carbocycles. The van der Waals surface area contributed by atoms with Gasteiger partial charge in [-0.25, -0.2) is 0 Å². The fourth-order valence-corrected chi connectivity index (χ4v) is 2.86. The molecule has 27 heavy (non-hydrogen) atoms. The van der Waals surface area contributed by atoms with Crippen LogP contribution in [0.15, 0.2) is 42.5 Å². The first-order valence-corrected chi connectivity index (χ1v) is 8.52. The van der Waals surface area contributed by atoms with E-state index in [0.717, 1.165) is 12.1 Å². The molecule has 1 fully saturated rings. The number of ether oxygens (including phenoxy) is 1. The molecular weight excluding hydrogens is 350 g/mol. The van der Waals surface area contributed by atoms with E-state index in [2.05, 4.69) is 5.32 Å². The maximum absolute atomic E-state index is 12.1. The zero-order chi connectivity index (χ0) is 19.4. The number of rotatable bonds is 6. The van der Waals surface area contributed by atoms with Gasteiger partial charge in [0.2, 0.25) is 5.91 Å². The molecule has 140 valence electrons. The average Bonchev–Trinajstić information content (AvgIpc) is 3.08. The normalized spacial score (nSPS) is 13.5. The Kier molecular flexibility index (Phi) is 5.35. The minimum absolute atomic E-state index is 0.0750. The third kappa shape index (κ3) is 4.41. The van der Waals surface area contributed by atoms with Crippen LogP contribution in [0.2, 0.25) is 0 Å². The largest absolute Gasteiger partial charge is 0.484 e. The number of nitrogens with one attached hydrogen (secondary N) is 1. The van der Waals surface area contributed by atoms with E-state index in [1.165, 1.54) is 12.1 Å². The monoisotopic (exact) mass is 369 g/mol. The number of nitro benzene ring substituents is 1. The van der Waals surface area contributed by atoms with Crippen LogP contribution in [-0.2, 0) is 9.59 Å². The van der Waals surface area contributed by atoms with Crippen LogP contribution in [0.4, 0.5) is 17.1 Å². The molecule has 0 spiro atoms. The Balaban J connectivity index is 1.62. The number of carbonyl (C=O) groups is 2. The predicted molar refractivity (Wildman–Crippen MR) is 100.0 cm³/mol. The number of anilines is 2. The lowest BCUT2D eigenvalue weighted by atomic mass is 10.2. The maximum Gasteiger partial charge on any atom is 0.271 e. The summed E-state index contributed by atoms with van der Waals surface area (Å²) in [4.78, 5) is 36.0. The zero-order valence-corrected chi connectivity index (χ0v) is 14.8. The maximum atomic E-state index is 12.1. The van der Waals surface area contributed by atoms with E-state index in [9.17, 15) is 19.7 Å². The molecular formula is C19H19N3O5. The van der Waals surface area contributed by atoms with Gasteiger partial charge in [-0.05, 0) is 31.0 Å². The average molecular weight is 369 g/mol. The molecule has 2 amide bonds. The second kappa shape index (κ2) is 7.86. The lowest BCUT2D eigenvalue weighted by Gasteiger charge is -2.16. The van der Waals surface area contributed by atoms with Gasteiger partial charge in [0.1, 0.15) is 5.75 Å². The van der Waals surface area contributed by atoms with Crippen molar-refractivity contribution in [2.24, 2.45) is 0 Å². The Bertz CT molecular complexity index is 897. The number of nitro groups is 1. The standard InChI is InChI=1S/C19H19N3O5/c1-13-7-8-15(22(25)26)11-17(13)20-18(23)12-27-16-5-2-4-14(10-16)21-9-3-6-19(21)24/h2,4-5,7-8,10-11H,3,6,9,12H2,1H3,(H,20,23). The van der Waals surface area contributed by atoms with Gasteiger partial charge in [0.05, 0.1) is 10.6 Å². The summed E-state index contributed by atoms with van der Waals surface area (Å²) in [6.45, 7) is 2.17. The van der Waals surface area contributed by atoms with E-state index in [4.69, 9.17) is 4.74 Å². The fourth-order valence-electron chi connectivity index (χ4n) is 2.86. The third-order valence-corrected chi connectivity index (χ3v) is 4.28. The summed E-state index contributed by atoms with van der Waals surface area (Å²) in [5.74, 6) is 0.116. The molecule has 1 heterocycles. The molecule has 1 aliphatic heterocycles. The topological polar surface area (TPSA) is 102 Å². The lowest BCUT2D eigenvalue weighted by Crippen LogP contribution is -2.24. The molecule has 0 bridgehead atoms. The number of hydrogen-bond acceptors (Lipinski definition) is 5. The van der Waals surface area contributed by atoms with E-state index < -0.39 is 10.8 Å². The molecule has 1 saturated heterocycles. The van der Waals surface area contributed by atoms with E-state index in [1.807, 2.05) is 6.07 Å². The first kappa shape index (κ1) is 18.4. The molecule has 0 atom stereocenters. The summed E-state index contributed by atoms with van der Waals surface area (Å²) in [5, 5.41) is 13.5. The SMILES string of the molecule is Cc1ccc([N+](=O)[O-])cc1NC(=O)COc1cccc(N2CCCC2=O)c1. The molecule has 1 N–H and O–H groups in total. The quantitative estimate of drug-likeness (QED) is 0.623. The van der Waals surface area contributed by atoms with Gasteiger partial charge in [-0.2, -0.15) is 0 Å². The Morgan fingerprint density at radius 3 is 2.81 bits per heavy atom. The number of amides is 2. The smallest absolute Gasteiger partial charge is 0.271 e. The molecule has 0 aromatic heterocycles. The molecule has 0 radical (unpaired) electrons. The molecule has 0 unspecified atom stereocenters. The van der Waals surface area contributed by atoms with E-state index in [-0.39, 0.29) is 18.2 Å². The number of nitrogens with zero attached hydrogens (tertiary/aromatic N) is 2. The number of aryl methyl sites for hydroxylation is 1. The second-order valence-electron chi connectivity index (χ2n) is 6.24. The highest BCUT2D eigenvalue weighted by molar-refractivity contribution is 5.95. The molecule has 0 aliphatic carbocycles. The van der Waals surface area contributed by atoms with Crippen molar-refractivity contribution in [1.82, 2.24) is 0 Å². The van der Waals surface area contributed by atoms with E-state index >= 15 is 0 Å². The van der Waals surface area contributed by atoms with Crippen LogP contribution < -0.4 is 15.0 Å². The van der Waals surface area contributed by atoms with Crippen molar-refractivity contribution in [3.8, 4) is 5.75 Å². The predicted octanol–water partition coefficient (Wildman–Crippen LogP) is 3.05. The highest BCUT2D eigenvalue weighted by Crippen LogP contribution is 2.25. The van der Waals surface area contributed by atoms with Crippen molar-refractivity contribution < 1.29 is 19.2 Å². The Morgan fingerprint density at radius 1 is 1.30 bits per heavy atom. The van der Waals surface area contributed by atoms with Gasteiger partial charge < -0.3 is 15.0 Å². The van der Waals surface area contributed by atoms with Crippen molar-refractivity contribution in [2.45, 2.75) is 19.8 Å². The summed E-state index contributed by atoms with van der Waals surface area (Å²) >= 11 is 0. The van der Waals surface area contributed by atoms with Crippen LogP contribution in [-0.4, -0.2) is 29.9 Å². The zero-order valence-electron chi connectivity index (χ0n) is 14.8. The Labute approximate surface area is 155 Å². The van der Waals surface area contributed by atoms with Gasteiger partial charge in [-0.15, -0.1) is 0 Å². The van der Waals surface area contributed by atoms with Crippen molar-refractivity contribution in [1.29, 1.82) is 0 Å². The third-order valence-electron chi connectivity index (χ3n) is 4.28. The molecule has 3 rings (SSSR count). The molecule has 8 heteroatoms. The lowest BCUT2D eigenvalue weighted by molar-refractivity contribution is -0.384. The second-order valence-corrected chi connectivity index (χ2v) is 6.24. The molecule has 8 nitrogen and oxygen atoms in total.